The zero-order valence-electron chi connectivity index (χ0n) is 13.3. The summed E-state index contributed by atoms with van der Waals surface area (Å²) >= 11 is 0. The molecule has 1 aliphatic carbocycles. The molecule has 1 saturated carbocycles. The van der Waals surface area contributed by atoms with Gasteiger partial charge in [0.25, 0.3) is 0 Å². The number of hydrogen-bond acceptors (Lipinski definition) is 5. The highest BCUT2D eigenvalue weighted by molar-refractivity contribution is 5.76. The van der Waals surface area contributed by atoms with Gasteiger partial charge < -0.3 is 24.3 Å². The smallest absolute Gasteiger partial charge is 0.381 e. The second-order valence-electron chi connectivity index (χ2n) is 5.76. The Morgan fingerprint density at radius 1 is 1.42 bits per heavy atom. The van der Waals surface area contributed by atoms with Crippen LogP contribution in [0.1, 0.15) is 18.4 Å². The average Bonchev–Trinajstić information content (AvgIpc) is 3.31. The number of benzene rings is 1. The van der Waals surface area contributed by atoms with Gasteiger partial charge in [-0.2, -0.15) is 0 Å². The van der Waals surface area contributed by atoms with Gasteiger partial charge >= 0.3 is 5.82 Å². The van der Waals surface area contributed by atoms with Crippen molar-refractivity contribution in [3.8, 4) is 5.75 Å². The van der Waals surface area contributed by atoms with E-state index in [9.17, 15) is 14.9 Å². The van der Waals surface area contributed by atoms with Crippen molar-refractivity contribution in [3.63, 3.8) is 0 Å². The molecule has 1 aromatic carbocycles. The maximum atomic E-state index is 12.6. The number of aromatic nitrogens is 2. The highest BCUT2D eigenvalue weighted by atomic mass is 16.6. The van der Waals surface area contributed by atoms with E-state index in [-0.39, 0.29) is 24.3 Å². The van der Waals surface area contributed by atoms with Gasteiger partial charge in [0, 0.05) is 12.6 Å². The van der Waals surface area contributed by atoms with Gasteiger partial charge in [-0.05, 0) is 40.4 Å². The lowest BCUT2D eigenvalue weighted by Crippen LogP contribution is -2.35. The van der Waals surface area contributed by atoms with E-state index in [4.69, 9.17) is 4.74 Å². The standard InChI is InChI=1S/C16H18N4O4/c1-24-14-6-2-12(3-7-14)8-19(13-4-5-13)16(21)10-18-9-15(17-11-18)20(22)23/h2-3,6-7,9,11,13H,4-5,8,10H2,1H3. The Hall–Kier alpha value is -2.90. The molecule has 126 valence electrons. The average molecular weight is 330 g/mol. The molecule has 0 saturated heterocycles. The minimum absolute atomic E-state index is 0.0491. The molecule has 0 spiro atoms. The second kappa shape index (κ2) is 6.69. The molecular weight excluding hydrogens is 312 g/mol. The molecule has 1 aromatic heterocycles. The lowest BCUT2D eigenvalue weighted by molar-refractivity contribution is -0.389. The van der Waals surface area contributed by atoms with Gasteiger partial charge in [0.1, 0.15) is 18.5 Å². The second-order valence-corrected chi connectivity index (χ2v) is 5.76. The third-order valence-electron chi connectivity index (χ3n) is 3.94. The van der Waals surface area contributed by atoms with Crippen molar-refractivity contribution in [3.05, 3.63) is 52.5 Å². The Labute approximate surface area is 138 Å². The fraction of sp³-hybridized carbons (Fsp3) is 0.375. The zero-order chi connectivity index (χ0) is 17.1. The number of carbonyl (C=O) groups excluding carboxylic acids is 1. The molecule has 2 aromatic rings. The lowest BCUT2D eigenvalue weighted by Gasteiger charge is -2.22. The minimum Gasteiger partial charge on any atom is -0.497 e. The van der Waals surface area contributed by atoms with Crippen LogP contribution in [0.15, 0.2) is 36.8 Å². The summed E-state index contributed by atoms with van der Waals surface area (Å²) in [6, 6.07) is 7.85. The molecule has 3 rings (SSSR count). The summed E-state index contributed by atoms with van der Waals surface area (Å²) in [4.78, 5) is 28.2. The summed E-state index contributed by atoms with van der Waals surface area (Å²) in [5, 5.41) is 10.7. The van der Waals surface area contributed by atoms with Crippen molar-refractivity contribution in [2.45, 2.75) is 32.0 Å². The monoisotopic (exact) mass is 330 g/mol. The first-order valence-electron chi connectivity index (χ1n) is 7.65. The van der Waals surface area contributed by atoms with Crippen LogP contribution in [-0.4, -0.2) is 38.4 Å². The zero-order valence-corrected chi connectivity index (χ0v) is 13.3. The quantitative estimate of drug-likeness (QED) is 0.572. The minimum atomic E-state index is -0.572. The van der Waals surface area contributed by atoms with E-state index >= 15 is 0 Å². The first-order valence-corrected chi connectivity index (χ1v) is 7.65. The van der Waals surface area contributed by atoms with Crippen molar-refractivity contribution in [1.29, 1.82) is 0 Å². The normalized spacial score (nSPS) is 13.5. The topological polar surface area (TPSA) is 90.5 Å². The predicted molar refractivity (Wildman–Crippen MR) is 85.4 cm³/mol. The first kappa shape index (κ1) is 16.0. The van der Waals surface area contributed by atoms with Gasteiger partial charge in [0.2, 0.25) is 12.2 Å². The maximum Gasteiger partial charge on any atom is 0.381 e. The van der Waals surface area contributed by atoms with Crippen LogP contribution < -0.4 is 4.74 Å². The van der Waals surface area contributed by atoms with E-state index in [1.54, 1.807) is 7.11 Å². The molecular formula is C16H18N4O4. The summed E-state index contributed by atoms with van der Waals surface area (Å²) in [5.41, 5.74) is 1.02. The maximum absolute atomic E-state index is 12.6. The summed E-state index contributed by atoms with van der Waals surface area (Å²) in [5.74, 6) is 0.449. The van der Waals surface area contributed by atoms with Gasteiger partial charge in [0.15, 0.2) is 0 Å². The van der Waals surface area contributed by atoms with Crippen molar-refractivity contribution in [2.24, 2.45) is 0 Å². The molecule has 1 fully saturated rings. The Balaban J connectivity index is 1.67. The molecule has 0 atom stereocenters. The highest BCUT2D eigenvalue weighted by Crippen LogP contribution is 2.29. The molecule has 0 unspecified atom stereocenters. The van der Waals surface area contributed by atoms with Crippen LogP contribution in [0.2, 0.25) is 0 Å². The third kappa shape index (κ3) is 3.70. The van der Waals surface area contributed by atoms with E-state index in [0.29, 0.717) is 6.54 Å². The molecule has 0 aliphatic heterocycles. The molecule has 1 aliphatic rings. The van der Waals surface area contributed by atoms with E-state index in [2.05, 4.69) is 4.98 Å². The SMILES string of the molecule is COc1ccc(CN(C(=O)Cn2cnc([N+](=O)[O-])c2)C2CC2)cc1. The van der Waals surface area contributed by atoms with Crippen molar-refractivity contribution < 1.29 is 14.5 Å². The number of rotatable bonds is 7. The van der Waals surface area contributed by atoms with Gasteiger partial charge in [-0.25, -0.2) is 0 Å². The van der Waals surface area contributed by atoms with Crippen LogP contribution >= 0.6 is 0 Å². The molecule has 1 amide bonds. The Morgan fingerprint density at radius 3 is 2.67 bits per heavy atom. The van der Waals surface area contributed by atoms with E-state index < -0.39 is 4.92 Å². The third-order valence-corrected chi connectivity index (χ3v) is 3.94. The van der Waals surface area contributed by atoms with Crippen LogP contribution in [0.3, 0.4) is 0 Å². The number of nitro groups is 1. The molecule has 8 nitrogen and oxygen atoms in total. The van der Waals surface area contributed by atoms with Crippen LogP contribution in [0.4, 0.5) is 5.82 Å². The number of nitrogens with zero attached hydrogens (tertiary/aromatic N) is 4. The van der Waals surface area contributed by atoms with Crippen LogP contribution in [0.25, 0.3) is 0 Å². The molecule has 0 bridgehead atoms. The first-order chi connectivity index (χ1) is 11.6. The Bertz CT molecular complexity index is 737. The van der Waals surface area contributed by atoms with Crippen molar-refractivity contribution in [1.82, 2.24) is 14.5 Å². The van der Waals surface area contributed by atoms with Crippen molar-refractivity contribution in [2.75, 3.05) is 7.11 Å². The fourth-order valence-electron chi connectivity index (χ4n) is 2.51. The number of ether oxygens (including phenoxy) is 1. The number of hydrogen-bond donors (Lipinski definition) is 0. The van der Waals surface area contributed by atoms with Crippen LogP contribution in [0, 0.1) is 10.1 Å². The molecule has 24 heavy (non-hydrogen) atoms. The Morgan fingerprint density at radius 2 is 2.12 bits per heavy atom. The van der Waals surface area contributed by atoms with Crippen LogP contribution in [0.5, 0.6) is 5.75 Å². The highest BCUT2D eigenvalue weighted by Gasteiger charge is 2.32. The van der Waals surface area contributed by atoms with Gasteiger partial charge in [-0.15, -0.1) is 0 Å². The summed E-state index contributed by atoms with van der Waals surface area (Å²) < 4.78 is 6.58. The van der Waals surface area contributed by atoms with E-state index in [1.807, 2.05) is 29.2 Å². The summed E-state index contributed by atoms with van der Waals surface area (Å²) in [7, 11) is 1.61. The van der Waals surface area contributed by atoms with Gasteiger partial charge in [-0.1, -0.05) is 12.1 Å². The molecule has 1 heterocycles. The molecule has 0 radical (unpaired) electrons. The van der Waals surface area contributed by atoms with Crippen LogP contribution in [-0.2, 0) is 17.9 Å². The fourth-order valence-corrected chi connectivity index (χ4v) is 2.51. The summed E-state index contributed by atoms with van der Waals surface area (Å²) in [6.07, 6.45) is 4.57. The van der Waals surface area contributed by atoms with Gasteiger partial charge in [0.05, 0.1) is 7.11 Å². The molecule has 0 N–H and O–H groups in total. The largest absolute Gasteiger partial charge is 0.497 e. The number of methoxy groups -OCH3 is 1. The van der Waals surface area contributed by atoms with E-state index in [1.165, 1.54) is 17.1 Å². The summed E-state index contributed by atoms with van der Waals surface area (Å²) in [6.45, 7) is 0.567. The van der Waals surface area contributed by atoms with Gasteiger partial charge in [-0.3, -0.25) is 4.79 Å². The number of amides is 1. The Kier molecular flexibility index (Phi) is 4.45. The predicted octanol–water partition coefficient (Wildman–Crippen LogP) is 1.99. The number of imidazole rings is 1. The van der Waals surface area contributed by atoms with Crippen molar-refractivity contribution >= 4 is 11.7 Å². The molecule has 8 heteroatoms. The number of carbonyl (C=O) groups is 1. The van der Waals surface area contributed by atoms with E-state index in [0.717, 1.165) is 24.2 Å². The lowest BCUT2D eigenvalue weighted by atomic mass is 10.2.